The van der Waals surface area contributed by atoms with Crippen molar-refractivity contribution in [3.63, 3.8) is 0 Å². The molecular weight excluding hydrogens is 380 g/mol. The number of nitrogens with one attached hydrogen (secondary N) is 1. The van der Waals surface area contributed by atoms with E-state index in [1.54, 1.807) is 36.9 Å². The van der Waals surface area contributed by atoms with E-state index in [-0.39, 0.29) is 12.5 Å². The average molecular weight is 404 g/mol. The Morgan fingerprint density at radius 3 is 2.47 bits per heavy atom. The second kappa shape index (κ2) is 8.16. The van der Waals surface area contributed by atoms with E-state index in [1.165, 1.54) is 0 Å². The molecule has 0 spiro atoms. The highest BCUT2D eigenvalue weighted by Crippen LogP contribution is 2.27. The summed E-state index contributed by atoms with van der Waals surface area (Å²) in [5.41, 5.74) is 2.17. The van der Waals surface area contributed by atoms with Gasteiger partial charge in [0, 0.05) is 36.0 Å². The van der Waals surface area contributed by atoms with E-state index in [4.69, 9.17) is 4.74 Å². The number of hydrogen-bond donors (Lipinski definition) is 1. The number of carbonyl (C=O) groups is 1. The SMILES string of the molecule is Cc1ccc(NC(=O)C2COC(C)(C)CN2c2ncccn2)cc1-c1ncccn1. The van der Waals surface area contributed by atoms with Gasteiger partial charge in [0.05, 0.1) is 18.8 Å². The first-order chi connectivity index (χ1) is 14.4. The summed E-state index contributed by atoms with van der Waals surface area (Å²) < 4.78 is 5.92. The van der Waals surface area contributed by atoms with E-state index in [1.807, 2.05) is 43.9 Å². The van der Waals surface area contributed by atoms with Crippen LogP contribution in [0.25, 0.3) is 11.4 Å². The van der Waals surface area contributed by atoms with Gasteiger partial charge in [-0.3, -0.25) is 4.79 Å². The van der Waals surface area contributed by atoms with Crippen molar-refractivity contribution in [3.8, 4) is 11.4 Å². The maximum absolute atomic E-state index is 13.2. The van der Waals surface area contributed by atoms with E-state index >= 15 is 0 Å². The van der Waals surface area contributed by atoms with E-state index < -0.39 is 11.6 Å². The maximum Gasteiger partial charge on any atom is 0.249 e. The molecule has 2 aromatic heterocycles. The molecular formula is C22H24N6O2. The van der Waals surface area contributed by atoms with Crippen molar-refractivity contribution in [2.75, 3.05) is 23.4 Å². The van der Waals surface area contributed by atoms with Gasteiger partial charge in [-0.2, -0.15) is 0 Å². The van der Waals surface area contributed by atoms with Crippen molar-refractivity contribution in [2.45, 2.75) is 32.4 Å². The number of rotatable bonds is 4. The number of aryl methyl sites for hydroxylation is 1. The van der Waals surface area contributed by atoms with Gasteiger partial charge in [0.2, 0.25) is 11.9 Å². The van der Waals surface area contributed by atoms with Gasteiger partial charge < -0.3 is 15.0 Å². The summed E-state index contributed by atoms with van der Waals surface area (Å²) in [5, 5.41) is 3.00. The van der Waals surface area contributed by atoms with Gasteiger partial charge in [0.1, 0.15) is 6.04 Å². The summed E-state index contributed by atoms with van der Waals surface area (Å²) in [7, 11) is 0. The van der Waals surface area contributed by atoms with E-state index in [2.05, 4.69) is 25.3 Å². The lowest BCUT2D eigenvalue weighted by Gasteiger charge is -2.42. The quantitative estimate of drug-likeness (QED) is 0.715. The molecule has 8 nitrogen and oxygen atoms in total. The van der Waals surface area contributed by atoms with Gasteiger partial charge in [-0.15, -0.1) is 0 Å². The van der Waals surface area contributed by atoms with Crippen LogP contribution in [-0.4, -0.2) is 50.6 Å². The molecule has 1 unspecified atom stereocenters. The van der Waals surface area contributed by atoms with Crippen molar-refractivity contribution in [1.29, 1.82) is 0 Å². The molecule has 1 amide bonds. The van der Waals surface area contributed by atoms with Gasteiger partial charge in [-0.1, -0.05) is 6.07 Å². The van der Waals surface area contributed by atoms with Crippen LogP contribution < -0.4 is 10.2 Å². The van der Waals surface area contributed by atoms with Crippen molar-refractivity contribution >= 4 is 17.5 Å². The lowest BCUT2D eigenvalue weighted by atomic mass is 10.0. The summed E-state index contributed by atoms with van der Waals surface area (Å²) in [6.45, 7) is 6.72. The molecule has 1 saturated heterocycles. The largest absolute Gasteiger partial charge is 0.371 e. The number of carbonyl (C=O) groups excluding carboxylic acids is 1. The van der Waals surface area contributed by atoms with Crippen LogP contribution in [0.15, 0.2) is 55.1 Å². The third-order valence-corrected chi connectivity index (χ3v) is 4.98. The number of morpholine rings is 1. The number of ether oxygens (including phenoxy) is 1. The lowest BCUT2D eigenvalue weighted by Crippen LogP contribution is -2.59. The minimum absolute atomic E-state index is 0.179. The van der Waals surface area contributed by atoms with Crippen molar-refractivity contribution in [2.24, 2.45) is 0 Å². The summed E-state index contributed by atoms with van der Waals surface area (Å²) in [4.78, 5) is 32.4. The lowest BCUT2D eigenvalue weighted by molar-refractivity contribution is -0.123. The normalized spacial score (nSPS) is 18.1. The number of benzene rings is 1. The van der Waals surface area contributed by atoms with Gasteiger partial charge in [0.15, 0.2) is 5.82 Å². The molecule has 1 aliphatic heterocycles. The van der Waals surface area contributed by atoms with Gasteiger partial charge >= 0.3 is 0 Å². The topological polar surface area (TPSA) is 93.1 Å². The number of anilines is 2. The summed E-state index contributed by atoms with van der Waals surface area (Å²) in [5.74, 6) is 0.950. The Morgan fingerprint density at radius 2 is 1.77 bits per heavy atom. The van der Waals surface area contributed by atoms with Gasteiger partial charge in [-0.25, -0.2) is 19.9 Å². The minimum Gasteiger partial charge on any atom is -0.371 e. The van der Waals surface area contributed by atoms with Gasteiger partial charge in [0.25, 0.3) is 0 Å². The fraction of sp³-hybridized carbons (Fsp3) is 0.318. The molecule has 0 aliphatic carbocycles. The predicted molar refractivity (Wildman–Crippen MR) is 114 cm³/mol. The summed E-state index contributed by atoms with van der Waals surface area (Å²) in [6.07, 6.45) is 6.75. The van der Waals surface area contributed by atoms with Crippen molar-refractivity contribution < 1.29 is 9.53 Å². The number of nitrogens with zero attached hydrogens (tertiary/aromatic N) is 5. The first kappa shape index (κ1) is 19.9. The van der Waals surface area contributed by atoms with E-state index in [0.29, 0.717) is 24.0 Å². The fourth-order valence-corrected chi connectivity index (χ4v) is 3.43. The van der Waals surface area contributed by atoms with Crippen LogP contribution in [0.2, 0.25) is 0 Å². The maximum atomic E-state index is 13.2. The predicted octanol–water partition coefficient (Wildman–Crippen LogP) is 2.86. The van der Waals surface area contributed by atoms with Crippen LogP contribution in [0.1, 0.15) is 19.4 Å². The third-order valence-electron chi connectivity index (χ3n) is 4.98. The number of aromatic nitrogens is 4. The molecule has 1 fully saturated rings. The third kappa shape index (κ3) is 4.28. The van der Waals surface area contributed by atoms with Crippen LogP contribution in [0, 0.1) is 6.92 Å². The Balaban J connectivity index is 1.58. The molecule has 3 heterocycles. The molecule has 0 saturated carbocycles. The number of amides is 1. The summed E-state index contributed by atoms with van der Waals surface area (Å²) in [6, 6.07) is 8.69. The van der Waals surface area contributed by atoms with Crippen LogP contribution >= 0.6 is 0 Å². The fourth-order valence-electron chi connectivity index (χ4n) is 3.43. The molecule has 8 heteroatoms. The zero-order valence-corrected chi connectivity index (χ0v) is 17.2. The zero-order chi connectivity index (χ0) is 21.1. The zero-order valence-electron chi connectivity index (χ0n) is 17.2. The Hall–Kier alpha value is -3.39. The first-order valence-electron chi connectivity index (χ1n) is 9.79. The van der Waals surface area contributed by atoms with Crippen LogP contribution in [0.3, 0.4) is 0 Å². The molecule has 3 aromatic rings. The highest BCUT2D eigenvalue weighted by molar-refractivity contribution is 5.97. The minimum atomic E-state index is -0.543. The first-order valence-corrected chi connectivity index (χ1v) is 9.79. The molecule has 4 rings (SSSR count). The van der Waals surface area contributed by atoms with Crippen molar-refractivity contribution in [3.05, 3.63) is 60.7 Å². The van der Waals surface area contributed by atoms with E-state index in [9.17, 15) is 4.79 Å². The molecule has 1 N–H and O–H groups in total. The van der Waals surface area contributed by atoms with Crippen molar-refractivity contribution in [1.82, 2.24) is 19.9 Å². The Bertz CT molecular complexity index is 1030. The van der Waals surface area contributed by atoms with Gasteiger partial charge in [-0.05, 0) is 50.6 Å². The molecule has 0 bridgehead atoms. The molecule has 154 valence electrons. The Labute approximate surface area is 175 Å². The molecule has 0 radical (unpaired) electrons. The van der Waals surface area contributed by atoms with E-state index in [0.717, 1.165) is 11.1 Å². The number of hydrogen-bond acceptors (Lipinski definition) is 7. The highest BCUT2D eigenvalue weighted by atomic mass is 16.5. The monoisotopic (exact) mass is 404 g/mol. The summed E-state index contributed by atoms with van der Waals surface area (Å²) >= 11 is 0. The second-order valence-electron chi connectivity index (χ2n) is 7.85. The van der Waals surface area contributed by atoms with Crippen LogP contribution in [0.5, 0.6) is 0 Å². The average Bonchev–Trinajstić information content (AvgIpc) is 2.75. The Morgan fingerprint density at radius 1 is 1.10 bits per heavy atom. The van der Waals surface area contributed by atoms with Crippen LogP contribution in [-0.2, 0) is 9.53 Å². The molecule has 1 atom stereocenters. The molecule has 1 aliphatic rings. The molecule has 30 heavy (non-hydrogen) atoms. The second-order valence-corrected chi connectivity index (χ2v) is 7.85. The standard InChI is InChI=1S/C22H24N6O2/c1-15-6-7-16(12-17(15)19-23-8-4-9-24-19)27-20(29)18-13-30-22(2,3)14-28(18)21-25-10-5-11-26-21/h4-12,18H,13-14H2,1-3H3,(H,27,29). The van der Waals surface area contributed by atoms with Crippen LogP contribution in [0.4, 0.5) is 11.6 Å². The highest BCUT2D eigenvalue weighted by Gasteiger charge is 2.39. The smallest absolute Gasteiger partial charge is 0.249 e. The Kier molecular flexibility index (Phi) is 5.41. The molecule has 1 aromatic carbocycles.